The van der Waals surface area contributed by atoms with Crippen molar-refractivity contribution in [1.82, 2.24) is 4.98 Å². The summed E-state index contributed by atoms with van der Waals surface area (Å²) in [5.74, 6) is -0.866. The van der Waals surface area contributed by atoms with E-state index in [2.05, 4.69) is 26.2 Å². The number of nitrogens with zero attached hydrogens (tertiary/aromatic N) is 2. The number of aromatic nitrogens is 1. The number of nitrogens with one attached hydrogen (secondary N) is 1. The number of hydrogen-bond donors (Lipinski definition) is 1. The Bertz CT molecular complexity index is 704. The highest BCUT2D eigenvalue weighted by Gasteiger charge is 2.18. The first-order valence-corrected chi connectivity index (χ1v) is 7.05. The third kappa shape index (κ3) is 4.26. The minimum atomic E-state index is -0.644. The highest BCUT2D eigenvalue weighted by atomic mass is 79.9. The van der Waals surface area contributed by atoms with Crippen LogP contribution in [0, 0.1) is 17.0 Å². The van der Waals surface area contributed by atoms with Gasteiger partial charge in [0.05, 0.1) is 0 Å². The monoisotopic (exact) mass is 365 g/mol. The van der Waals surface area contributed by atoms with Gasteiger partial charge in [-0.05, 0) is 46.3 Å². The highest BCUT2D eigenvalue weighted by molar-refractivity contribution is 9.10. The normalized spacial score (nSPS) is 10.1. The van der Waals surface area contributed by atoms with Crippen molar-refractivity contribution in [2.45, 2.75) is 6.92 Å². The standard InChI is InChI=1S/C14H12BrN3O4/c1-9-2-7-12(14(16-9)18(20)21)22-8-13(19)17-11-5-3-10(15)4-6-11/h2-7H,8H2,1H3,(H,17,19). The fraction of sp³-hybridized carbons (Fsp3) is 0.143. The van der Waals surface area contributed by atoms with E-state index in [0.717, 1.165) is 4.47 Å². The van der Waals surface area contributed by atoms with Crippen LogP contribution in [0.2, 0.25) is 0 Å². The van der Waals surface area contributed by atoms with Gasteiger partial charge in [0.15, 0.2) is 6.61 Å². The molecule has 0 spiro atoms. The topological polar surface area (TPSA) is 94.4 Å². The van der Waals surface area contributed by atoms with E-state index < -0.39 is 16.6 Å². The zero-order chi connectivity index (χ0) is 16.1. The second-order valence-electron chi connectivity index (χ2n) is 4.38. The Labute approximate surface area is 134 Å². The van der Waals surface area contributed by atoms with Gasteiger partial charge in [0.1, 0.15) is 5.69 Å². The van der Waals surface area contributed by atoms with E-state index in [1.807, 2.05) is 0 Å². The number of rotatable bonds is 5. The highest BCUT2D eigenvalue weighted by Crippen LogP contribution is 2.24. The molecule has 8 heteroatoms. The maximum absolute atomic E-state index is 11.8. The summed E-state index contributed by atoms with van der Waals surface area (Å²) in [6.07, 6.45) is 0. The summed E-state index contributed by atoms with van der Waals surface area (Å²) in [6, 6.07) is 10.0. The molecule has 1 heterocycles. The zero-order valence-electron chi connectivity index (χ0n) is 11.6. The molecule has 22 heavy (non-hydrogen) atoms. The number of halogens is 1. The lowest BCUT2D eigenvalue weighted by Gasteiger charge is -2.07. The molecule has 1 aromatic heterocycles. The van der Waals surface area contributed by atoms with Gasteiger partial charge in [-0.1, -0.05) is 15.9 Å². The molecule has 0 saturated heterocycles. The summed E-state index contributed by atoms with van der Waals surface area (Å²) in [7, 11) is 0. The number of aryl methyl sites for hydroxylation is 1. The molecule has 0 atom stereocenters. The van der Waals surface area contributed by atoms with Gasteiger partial charge in [-0.3, -0.25) is 4.79 Å². The molecule has 0 bridgehead atoms. The lowest BCUT2D eigenvalue weighted by molar-refractivity contribution is -0.390. The van der Waals surface area contributed by atoms with E-state index in [0.29, 0.717) is 11.4 Å². The molecule has 1 amide bonds. The number of carbonyl (C=O) groups excluding carboxylic acids is 1. The zero-order valence-corrected chi connectivity index (χ0v) is 13.2. The predicted octanol–water partition coefficient (Wildman–Crippen LogP) is 3.08. The first-order valence-electron chi connectivity index (χ1n) is 6.26. The smallest absolute Gasteiger partial charge is 0.406 e. The number of hydrogen-bond acceptors (Lipinski definition) is 5. The fourth-order valence-corrected chi connectivity index (χ4v) is 1.91. The summed E-state index contributed by atoms with van der Waals surface area (Å²) in [4.78, 5) is 25.8. The maximum atomic E-state index is 11.8. The van der Waals surface area contributed by atoms with E-state index in [9.17, 15) is 14.9 Å². The van der Waals surface area contributed by atoms with Crippen molar-refractivity contribution in [2.75, 3.05) is 11.9 Å². The van der Waals surface area contributed by atoms with Crippen molar-refractivity contribution in [2.24, 2.45) is 0 Å². The maximum Gasteiger partial charge on any atom is 0.406 e. The van der Waals surface area contributed by atoms with Gasteiger partial charge in [0.2, 0.25) is 5.75 Å². The van der Waals surface area contributed by atoms with Crippen molar-refractivity contribution in [3.8, 4) is 5.75 Å². The summed E-state index contributed by atoms with van der Waals surface area (Å²) in [5.41, 5.74) is 1.10. The largest absolute Gasteiger partial charge is 0.476 e. The van der Waals surface area contributed by atoms with E-state index in [4.69, 9.17) is 4.74 Å². The third-order valence-corrected chi connectivity index (χ3v) is 3.17. The minimum absolute atomic E-state index is 0.0402. The molecule has 1 aromatic carbocycles. The van der Waals surface area contributed by atoms with Crippen LogP contribution in [0.5, 0.6) is 5.75 Å². The Morgan fingerprint density at radius 3 is 2.64 bits per heavy atom. The Kier molecular flexibility index (Phi) is 5.05. The molecule has 0 radical (unpaired) electrons. The summed E-state index contributed by atoms with van der Waals surface area (Å²) in [5, 5.41) is 13.5. The summed E-state index contributed by atoms with van der Waals surface area (Å²) in [6.45, 7) is 1.29. The van der Waals surface area contributed by atoms with Gasteiger partial charge in [-0.25, -0.2) is 0 Å². The number of ether oxygens (including phenoxy) is 1. The number of benzene rings is 1. The molecule has 1 N–H and O–H groups in total. The molecule has 7 nitrogen and oxygen atoms in total. The van der Waals surface area contributed by atoms with E-state index in [-0.39, 0.29) is 12.4 Å². The minimum Gasteiger partial charge on any atom is -0.476 e. The average Bonchev–Trinajstić information content (AvgIpc) is 2.48. The predicted molar refractivity (Wildman–Crippen MR) is 83.9 cm³/mol. The van der Waals surface area contributed by atoms with Crippen molar-refractivity contribution >= 4 is 33.3 Å². The van der Waals surface area contributed by atoms with Gasteiger partial charge in [0, 0.05) is 17.1 Å². The number of anilines is 1. The third-order valence-electron chi connectivity index (χ3n) is 2.64. The van der Waals surface area contributed by atoms with Gasteiger partial charge in [-0.15, -0.1) is 0 Å². The average molecular weight is 366 g/mol. The lowest BCUT2D eigenvalue weighted by Crippen LogP contribution is -2.20. The Balaban J connectivity index is 1.99. The Hall–Kier alpha value is -2.48. The number of nitro groups is 1. The van der Waals surface area contributed by atoms with Crippen molar-refractivity contribution in [1.29, 1.82) is 0 Å². The first-order chi connectivity index (χ1) is 10.5. The Morgan fingerprint density at radius 1 is 1.32 bits per heavy atom. The van der Waals surface area contributed by atoms with Gasteiger partial charge in [-0.2, -0.15) is 0 Å². The van der Waals surface area contributed by atoms with Crippen molar-refractivity contribution in [3.05, 3.63) is 56.7 Å². The molecule has 0 aliphatic rings. The molecule has 2 rings (SSSR count). The van der Waals surface area contributed by atoms with Crippen LogP contribution in [-0.4, -0.2) is 22.4 Å². The number of amides is 1. The summed E-state index contributed by atoms with van der Waals surface area (Å²) < 4.78 is 6.08. The quantitative estimate of drug-likeness (QED) is 0.648. The molecule has 0 fully saturated rings. The molecule has 0 aliphatic carbocycles. The molecular formula is C14H12BrN3O4. The van der Waals surface area contributed by atoms with Crippen LogP contribution >= 0.6 is 15.9 Å². The van der Waals surface area contributed by atoms with Crippen LogP contribution in [0.1, 0.15) is 5.69 Å². The van der Waals surface area contributed by atoms with Gasteiger partial charge < -0.3 is 20.2 Å². The van der Waals surface area contributed by atoms with Gasteiger partial charge in [0.25, 0.3) is 5.91 Å². The molecular weight excluding hydrogens is 354 g/mol. The SMILES string of the molecule is Cc1ccc(OCC(=O)Nc2ccc(Br)cc2)c([N+](=O)[O-])n1. The number of carbonyl (C=O) groups is 1. The van der Waals surface area contributed by atoms with Crippen LogP contribution in [0.25, 0.3) is 0 Å². The van der Waals surface area contributed by atoms with E-state index >= 15 is 0 Å². The second kappa shape index (κ2) is 6.99. The van der Waals surface area contributed by atoms with Crippen LogP contribution in [0.15, 0.2) is 40.9 Å². The lowest BCUT2D eigenvalue weighted by atomic mass is 10.3. The Morgan fingerprint density at radius 2 is 2.00 bits per heavy atom. The van der Waals surface area contributed by atoms with Crippen molar-refractivity contribution in [3.63, 3.8) is 0 Å². The molecule has 2 aromatic rings. The van der Waals surface area contributed by atoms with E-state index in [1.165, 1.54) is 6.07 Å². The molecule has 0 aliphatic heterocycles. The second-order valence-corrected chi connectivity index (χ2v) is 5.29. The van der Waals surface area contributed by atoms with Crippen LogP contribution in [0.4, 0.5) is 11.5 Å². The first kappa shape index (κ1) is 15.9. The summed E-state index contributed by atoms with van der Waals surface area (Å²) >= 11 is 3.29. The molecule has 114 valence electrons. The van der Waals surface area contributed by atoms with Crippen molar-refractivity contribution < 1.29 is 14.5 Å². The van der Waals surface area contributed by atoms with Gasteiger partial charge >= 0.3 is 5.82 Å². The van der Waals surface area contributed by atoms with Crippen LogP contribution < -0.4 is 10.1 Å². The fourth-order valence-electron chi connectivity index (χ4n) is 1.65. The molecule has 0 unspecified atom stereocenters. The van der Waals surface area contributed by atoms with Crippen LogP contribution in [0.3, 0.4) is 0 Å². The van der Waals surface area contributed by atoms with E-state index in [1.54, 1.807) is 37.3 Å². The van der Waals surface area contributed by atoms with Crippen LogP contribution in [-0.2, 0) is 4.79 Å². The molecule has 0 saturated carbocycles. The number of pyridine rings is 1.